The van der Waals surface area contributed by atoms with Crippen molar-refractivity contribution in [3.8, 4) is 27.9 Å². The lowest BCUT2D eigenvalue weighted by Gasteiger charge is -2.50. The highest BCUT2D eigenvalue weighted by atomic mass is 28.3. The normalized spacial score (nSPS) is 15.5. The molecule has 0 N–H and O–H groups in total. The van der Waals surface area contributed by atoms with E-state index in [1.54, 1.807) is 0 Å². The molecule has 64 heavy (non-hydrogen) atoms. The van der Waals surface area contributed by atoms with Crippen LogP contribution in [-0.4, -0.2) is 12.6 Å². The molecule has 302 valence electrons. The van der Waals surface area contributed by atoms with Gasteiger partial charge in [-0.15, -0.1) is 0 Å². The van der Waals surface area contributed by atoms with Crippen LogP contribution in [0.5, 0.6) is 0 Å². The topological polar surface area (TPSA) is 8.17 Å². The van der Waals surface area contributed by atoms with Crippen molar-refractivity contribution in [2.75, 3.05) is 4.90 Å². The summed E-state index contributed by atoms with van der Waals surface area (Å²) >= 11 is 0. The molecule has 1 aliphatic carbocycles. The molecule has 2 nitrogen and oxygen atoms in total. The van der Waals surface area contributed by atoms with Gasteiger partial charge < -0.3 is 9.47 Å². The van der Waals surface area contributed by atoms with E-state index < -0.39 is 13.5 Å². The average Bonchev–Trinajstić information content (AvgIpc) is 3.68. The van der Waals surface area contributed by atoms with Gasteiger partial charge in [0.1, 0.15) is 8.07 Å². The highest BCUT2D eigenvalue weighted by molar-refractivity contribution is 7.01. The molecule has 0 fully saturated rings. The molecule has 1 aliphatic heterocycles. The number of rotatable bonds is 5. The Labute approximate surface area is 375 Å². The zero-order valence-corrected chi connectivity index (χ0v) is 36.8. The summed E-state index contributed by atoms with van der Waals surface area (Å²) in [5.41, 5.74) is 17.1. The summed E-state index contributed by atoms with van der Waals surface area (Å²) in [7, 11) is -2.31. The lowest BCUT2D eigenvalue weighted by Crippen LogP contribution is -2.63. The molecule has 0 amide bonds. The number of fused-ring (bicyclic) bond motifs is 11. The SMILES string of the molecule is C[Si]1(C)c2ccccc2C2(c3ccccc3-c3cccc4cccc2c34)c2ccc(N(c3ccccc3)c3ccc4c5ccccc5n(-c5ccccc5-c5ccccc5)c4c3)cc21. The van der Waals surface area contributed by atoms with Gasteiger partial charge in [-0.1, -0.05) is 195 Å². The van der Waals surface area contributed by atoms with Gasteiger partial charge in [-0.05, 0) is 109 Å². The Hall–Kier alpha value is -7.72. The van der Waals surface area contributed by atoms with Gasteiger partial charge in [0.05, 0.1) is 22.1 Å². The van der Waals surface area contributed by atoms with Crippen molar-refractivity contribution in [1.29, 1.82) is 0 Å². The maximum absolute atomic E-state index is 2.57. The number of benzene rings is 10. The lowest BCUT2D eigenvalue weighted by molar-refractivity contribution is 0.754. The number of para-hydroxylation sites is 3. The van der Waals surface area contributed by atoms with Crippen LogP contribution in [0.3, 0.4) is 0 Å². The zero-order valence-electron chi connectivity index (χ0n) is 35.8. The molecule has 2 aliphatic rings. The van der Waals surface area contributed by atoms with E-state index in [1.165, 1.54) is 87.5 Å². The highest BCUT2D eigenvalue weighted by Crippen LogP contribution is 2.56. The van der Waals surface area contributed by atoms with Crippen molar-refractivity contribution in [3.05, 3.63) is 253 Å². The first-order valence-electron chi connectivity index (χ1n) is 22.4. The summed E-state index contributed by atoms with van der Waals surface area (Å²) in [6, 6.07) is 86.3. The van der Waals surface area contributed by atoms with Gasteiger partial charge in [0.2, 0.25) is 0 Å². The van der Waals surface area contributed by atoms with Gasteiger partial charge in [0.25, 0.3) is 0 Å². The molecule has 0 saturated heterocycles. The minimum absolute atomic E-state index is 0.485. The Bertz CT molecular complexity index is 3650. The second-order valence-corrected chi connectivity index (χ2v) is 22.3. The zero-order chi connectivity index (χ0) is 42.6. The predicted molar refractivity (Wildman–Crippen MR) is 272 cm³/mol. The maximum atomic E-state index is 2.57. The molecule has 11 aromatic rings. The number of hydrogen-bond acceptors (Lipinski definition) is 1. The largest absolute Gasteiger partial charge is 0.310 e. The summed E-state index contributed by atoms with van der Waals surface area (Å²) < 4.78 is 2.47. The fraction of sp³-hybridized carbons (Fsp3) is 0.0492. The van der Waals surface area contributed by atoms with E-state index in [1.807, 2.05) is 0 Å². The summed E-state index contributed by atoms with van der Waals surface area (Å²) in [6.45, 7) is 5.12. The van der Waals surface area contributed by atoms with Gasteiger partial charge in [0, 0.05) is 33.4 Å². The molecule has 1 aromatic heterocycles. The Morgan fingerprint density at radius 2 is 0.984 bits per heavy atom. The Morgan fingerprint density at radius 1 is 0.391 bits per heavy atom. The molecule has 2 heterocycles. The van der Waals surface area contributed by atoms with Gasteiger partial charge in [-0.3, -0.25) is 0 Å². The van der Waals surface area contributed by atoms with Crippen LogP contribution < -0.4 is 15.3 Å². The van der Waals surface area contributed by atoms with Crippen molar-refractivity contribution >= 4 is 68.1 Å². The Morgan fingerprint density at radius 3 is 1.83 bits per heavy atom. The molecule has 0 bridgehead atoms. The quantitative estimate of drug-likeness (QED) is 0.157. The van der Waals surface area contributed by atoms with E-state index in [0.29, 0.717) is 0 Å². The molecule has 10 aromatic carbocycles. The van der Waals surface area contributed by atoms with E-state index in [2.05, 4.69) is 253 Å². The maximum Gasteiger partial charge on any atom is 0.113 e. The van der Waals surface area contributed by atoms with Crippen LogP contribution in [0.2, 0.25) is 13.1 Å². The second kappa shape index (κ2) is 13.9. The fourth-order valence-corrected chi connectivity index (χ4v) is 14.9. The summed E-state index contributed by atoms with van der Waals surface area (Å²) in [6.07, 6.45) is 0. The minimum atomic E-state index is -2.31. The van der Waals surface area contributed by atoms with Crippen molar-refractivity contribution in [2.45, 2.75) is 18.5 Å². The molecular formula is C61H44N2Si. The van der Waals surface area contributed by atoms with Crippen LogP contribution in [0.1, 0.15) is 22.3 Å². The van der Waals surface area contributed by atoms with Crippen LogP contribution in [0.4, 0.5) is 17.1 Å². The molecule has 0 radical (unpaired) electrons. The van der Waals surface area contributed by atoms with E-state index in [9.17, 15) is 0 Å². The number of hydrogen-bond donors (Lipinski definition) is 0. The van der Waals surface area contributed by atoms with Crippen LogP contribution in [0, 0.1) is 0 Å². The van der Waals surface area contributed by atoms with E-state index in [4.69, 9.17) is 0 Å². The number of aromatic nitrogens is 1. The Balaban J connectivity index is 1.08. The average molecular weight is 833 g/mol. The molecule has 3 heteroatoms. The predicted octanol–water partition coefficient (Wildman–Crippen LogP) is 14.6. The molecule has 13 rings (SSSR count). The first-order valence-corrected chi connectivity index (χ1v) is 25.4. The minimum Gasteiger partial charge on any atom is -0.310 e. The third-order valence-electron chi connectivity index (χ3n) is 14.4. The molecular weight excluding hydrogens is 789 g/mol. The van der Waals surface area contributed by atoms with Crippen LogP contribution in [-0.2, 0) is 5.41 Å². The third kappa shape index (κ3) is 5.07. The number of nitrogens with zero attached hydrogens (tertiary/aromatic N) is 2. The second-order valence-electron chi connectivity index (χ2n) is 18.0. The standard InChI is InChI=1S/C61H44N2Si/c1-64(2)58-34-16-13-30-52(58)61(51-29-12-9-26-47(51)50-28-17-21-42-22-18-31-54(61)60(42)50)53-38-36-45(40-59(53)64)62(43-23-7-4-8-24-43)44-35-37-49-48-27-11-15-33-56(48)63(57(49)39-44)55-32-14-10-25-46(55)41-19-5-3-6-20-41/h3-40H,1-2H3. The van der Waals surface area contributed by atoms with Crippen LogP contribution >= 0.6 is 0 Å². The number of anilines is 3. The van der Waals surface area contributed by atoms with Gasteiger partial charge >= 0.3 is 0 Å². The van der Waals surface area contributed by atoms with Crippen molar-refractivity contribution in [3.63, 3.8) is 0 Å². The van der Waals surface area contributed by atoms with Crippen LogP contribution in [0.25, 0.3) is 60.5 Å². The monoisotopic (exact) mass is 832 g/mol. The molecule has 1 spiro atoms. The Kier molecular flexibility index (Phi) is 8.01. The van der Waals surface area contributed by atoms with E-state index in [-0.39, 0.29) is 0 Å². The lowest BCUT2D eigenvalue weighted by atomic mass is 9.59. The first-order chi connectivity index (χ1) is 31.5. The van der Waals surface area contributed by atoms with Gasteiger partial charge in [0.15, 0.2) is 0 Å². The van der Waals surface area contributed by atoms with Crippen molar-refractivity contribution in [2.24, 2.45) is 0 Å². The summed E-state index contributed by atoms with van der Waals surface area (Å²) in [5, 5.41) is 8.10. The highest BCUT2D eigenvalue weighted by Gasteiger charge is 2.52. The van der Waals surface area contributed by atoms with Crippen molar-refractivity contribution in [1.82, 2.24) is 4.57 Å². The summed E-state index contributed by atoms with van der Waals surface area (Å²) in [4.78, 5) is 2.48. The molecule has 0 saturated carbocycles. The summed E-state index contributed by atoms with van der Waals surface area (Å²) in [5.74, 6) is 0. The van der Waals surface area contributed by atoms with E-state index in [0.717, 1.165) is 22.7 Å². The third-order valence-corrected chi connectivity index (χ3v) is 18.0. The van der Waals surface area contributed by atoms with Gasteiger partial charge in [-0.25, -0.2) is 0 Å². The molecule has 1 atom stereocenters. The fourth-order valence-electron chi connectivity index (χ4n) is 11.7. The van der Waals surface area contributed by atoms with E-state index >= 15 is 0 Å². The van der Waals surface area contributed by atoms with Crippen molar-refractivity contribution < 1.29 is 0 Å². The van der Waals surface area contributed by atoms with Gasteiger partial charge in [-0.2, -0.15) is 0 Å². The first kappa shape index (κ1) is 36.9. The van der Waals surface area contributed by atoms with Crippen LogP contribution in [0.15, 0.2) is 231 Å². The smallest absolute Gasteiger partial charge is 0.113 e. The molecule has 1 unspecified atom stereocenters.